The first-order valence-corrected chi connectivity index (χ1v) is 9.13. The zero-order valence-corrected chi connectivity index (χ0v) is 16.3. The molecule has 1 N–H and O–H groups in total. The van der Waals surface area contributed by atoms with Crippen LogP contribution in [0.1, 0.15) is 18.1 Å². The molecule has 7 nitrogen and oxygen atoms in total. The molecular weight excluding hydrogens is 360 g/mol. The fourth-order valence-electron chi connectivity index (χ4n) is 3.23. The van der Waals surface area contributed by atoms with Gasteiger partial charge >= 0.3 is 11.8 Å². The zero-order valence-electron chi connectivity index (χ0n) is 16.3. The number of fused-ring (bicyclic) bond motifs is 1. The summed E-state index contributed by atoms with van der Waals surface area (Å²) in [6, 6.07) is 10.8. The molecule has 0 spiro atoms. The summed E-state index contributed by atoms with van der Waals surface area (Å²) in [6.45, 7) is 3.13. The largest absolute Gasteiger partial charge is 0.493 e. The Morgan fingerprint density at radius 1 is 1.04 bits per heavy atom. The summed E-state index contributed by atoms with van der Waals surface area (Å²) >= 11 is 0. The van der Waals surface area contributed by atoms with Gasteiger partial charge in [-0.2, -0.15) is 0 Å². The topological polar surface area (TPSA) is 77.1 Å². The molecule has 0 saturated heterocycles. The molecule has 2 amide bonds. The minimum absolute atomic E-state index is 0.342. The van der Waals surface area contributed by atoms with Gasteiger partial charge in [-0.15, -0.1) is 0 Å². The van der Waals surface area contributed by atoms with Crippen LogP contribution in [-0.2, 0) is 22.6 Å². The Balaban J connectivity index is 1.73. The van der Waals surface area contributed by atoms with E-state index in [0.717, 1.165) is 11.1 Å². The van der Waals surface area contributed by atoms with Gasteiger partial charge in [0.15, 0.2) is 11.5 Å². The predicted octanol–water partition coefficient (Wildman–Crippen LogP) is 2.63. The number of benzene rings is 2. The molecule has 1 aliphatic rings. The second-order valence-electron chi connectivity index (χ2n) is 6.34. The lowest BCUT2D eigenvalue weighted by molar-refractivity contribution is -0.143. The van der Waals surface area contributed by atoms with Gasteiger partial charge in [0.05, 0.1) is 26.5 Å². The van der Waals surface area contributed by atoms with Crippen LogP contribution in [0.25, 0.3) is 0 Å². The second-order valence-corrected chi connectivity index (χ2v) is 6.34. The molecule has 0 aromatic heterocycles. The van der Waals surface area contributed by atoms with Gasteiger partial charge in [-0.1, -0.05) is 12.1 Å². The Labute approximate surface area is 164 Å². The molecule has 2 aromatic rings. The molecule has 28 heavy (non-hydrogen) atoms. The lowest BCUT2D eigenvalue weighted by Crippen LogP contribution is -2.42. The van der Waals surface area contributed by atoms with Crippen LogP contribution in [0, 0.1) is 0 Å². The Kier molecular flexibility index (Phi) is 6.03. The molecule has 0 radical (unpaired) electrons. The molecule has 3 rings (SSSR count). The van der Waals surface area contributed by atoms with Crippen molar-refractivity contribution in [3.63, 3.8) is 0 Å². The summed E-state index contributed by atoms with van der Waals surface area (Å²) in [7, 11) is 3.16. The van der Waals surface area contributed by atoms with E-state index in [0.29, 0.717) is 49.1 Å². The van der Waals surface area contributed by atoms with Crippen molar-refractivity contribution in [2.24, 2.45) is 0 Å². The van der Waals surface area contributed by atoms with E-state index in [2.05, 4.69) is 5.32 Å². The number of amides is 2. The van der Waals surface area contributed by atoms with Crippen LogP contribution in [0.2, 0.25) is 0 Å². The number of methoxy groups -OCH3 is 2. The minimum atomic E-state index is -0.684. The molecule has 7 heteroatoms. The number of nitrogens with one attached hydrogen (secondary N) is 1. The summed E-state index contributed by atoms with van der Waals surface area (Å²) < 4.78 is 16.2. The van der Waals surface area contributed by atoms with E-state index in [1.807, 2.05) is 25.1 Å². The van der Waals surface area contributed by atoms with Gasteiger partial charge in [0.25, 0.3) is 0 Å². The van der Waals surface area contributed by atoms with Crippen LogP contribution in [0.15, 0.2) is 36.4 Å². The quantitative estimate of drug-likeness (QED) is 0.802. The molecule has 148 valence electrons. The van der Waals surface area contributed by atoms with Crippen LogP contribution >= 0.6 is 0 Å². The minimum Gasteiger partial charge on any atom is -0.493 e. The highest BCUT2D eigenvalue weighted by atomic mass is 16.5. The molecule has 0 atom stereocenters. The number of hydrogen-bond acceptors (Lipinski definition) is 5. The van der Waals surface area contributed by atoms with Crippen LogP contribution in [0.3, 0.4) is 0 Å². The maximum Gasteiger partial charge on any atom is 0.314 e. The second kappa shape index (κ2) is 8.65. The summed E-state index contributed by atoms with van der Waals surface area (Å²) in [4.78, 5) is 26.7. The predicted molar refractivity (Wildman–Crippen MR) is 105 cm³/mol. The van der Waals surface area contributed by atoms with E-state index in [4.69, 9.17) is 14.2 Å². The van der Waals surface area contributed by atoms with Gasteiger partial charge in [-0.3, -0.25) is 9.59 Å². The van der Waals surface area contributed by atoms with Crippen molar-refractivity contribution in [1.29, 1.82) is 0 Å². The van der Waals surface area contributed by atoms with E-state index in [1.54, 1.807) is 32.4 Å². The van der Waals surface area contributed by atoms with Gasteiger partial charge in [-0.05, 0) is 48.7 Å². The molecule has 0 fully saturated rings. The van der Waals surface area contributed by atoms with Gasteiger partial charge in [0.2, 0.25) is 0 Å². The third-order valence-corrected chi connectivity index (χ3v) is 4.63. The summed E-state index contributed by atoms with van der Waals surface area (Å²) in [5.74, 6) is 0.534. The standard InChI is InChI=1S/C21H24N2O5/c1-4-28-17-8-6-5-7-16(17)22-20(24)21(25)23-10-9-14-11-18(26-2)19(27-3)12-15(14)13-23/h5-8,11-12H,4,9-10,13H2,1-3H3,(H,22,24). The lowest BCUT2D eigenvalue weighted by atomic mass is 9.98. The van der Waals surface area contributed by atoms with Crippen molar-refractivity contribution in [2.45, 2.75) is 19.9 Å². The fraction of sp³-hybridized carbons (Fsp3) is 0.333. The van der Waals surface area contributed by atoms with Crippen molar-refractivity contribution >= 4 is 17.5 Å². The van der Waals surface area contributed by atoms with Gasteiger partial charge in [0, 0.05) is 13.1 Å². The van der Waals surface area contributed by atoms with Crippen molar-refractivity contribution in [1.82, 2.24) is 4.90 Å². The first-order chi connectivity index (χ1) is 13.6. The number of carbonyl (C=O) groups is 2. The monoisotopic (exact) mass is 384 g/mol. The van der Waals surface area contributed by atoms with E-state index >= 15 is 0 Å². The Hall–Kier alpha value is -3.22. The van der Waals surface area contributed by atoms with Crippen molar-refractivity contribution < 1.29 is 23.8 Å². The molecule has 0 saturated carbocycles. The lowest BCUT2D eigenvalue weighted by Gasteiger charge is -2.29. The van der Waals surface area contributed by atoms with Crippen molar-refractivity contribution in [3.8, 4) is 17.2 Å². The molecule has 1 aliphatic heterocycles. The van der Waals surface area contributed by atoms with Crippen LogP contribution in [0.5, 0.6) is 17.2 Å². The van der Waals surface area contributed by atoms with Gasteiger partial charge in [-0.25, -0.2) is 0 Å². The molecular formula is C21H24N2O5. The average Bonchev–Trinajstić information content (AvgIpc) is 2.73. The third-order valence-electron chi connectivity index (χ3n) is 4.63. The van der Waals surface area contributed by atoms with Crippen LogP contribution < -0.4 is 19.5 Å². The van der Waals surface area contributed by atoms with Crippen LogP contribution in [0.4, 0.5) is 5.69 Å². The maximum absolute atomic E-state index is 12.7. The molecule has 2 aromatic carbocycles. The Morgan fingerprint density at radius 3 is 2.39 bits per heavy atom. The van der Waals surface area contributed by atoms with E-state index in [-0.39, 0.29) is 0 Å². The highest BCUT2D eigenvalue weighted by Gasteiger charge is 2.27. The Morgan fingerprint density at radius 2 is 1.71 bits per heavy atom. The highest BCUT2D eigenvalue weighted by Crippen LogP contribution is 2.33. The van der Waals surface area contributed by atoms with E-state index in [1.165, 1.54) is 4.90 Å². The summed E-state index contributed by atoms with van der Waals surface area (Å²) in [6.07, 6.45) is 0.643. The maximum atomic E-state index is 12.7. The van der Waals surface area contributed by atoms with Gasteiger partial charge < -0.3 is 24.4 Å². The number of anilines is 1. The van der Waals surface area contributed by atoms with E-state index in [9.17, 15) is 9.59 Å². The molecule has 0 unspecified atom stereocenters. The smallest absolute Gasteiger partial charge is 0.314 e. The summed E-state index contributed by atoms with van der Waals surface area (Å²) in [5, 5.41) is 2.66. The number of rotatable bonds is 5. The zero-order chi connectivity index (χ0) is 20.1. The first-order valence-electron chi connectivity index (χ1n) is 9.13. The average molecular weight is 384 g/mol. The number of nitrogens with zero attached hydrogens (tertiary/aromatic N) is 1. The molecule has 0 bridgehead atoms. The third kappa shape index (κ3) is 4.03. The molecule has 1 heterocycles. The van der Waals surface area contributed by atoms with E-state index < -0.39 is 11.8 Å². The molecule has 0 aliphatic carbocycles. The number of para-hydroxylation sites is 2. The highest BCUT2D eigenvalue weighted by molar-refractivity contribution is 6.39. The number of hydrogen-bond donors (Lipinski definition) is 1. The summed E-state index contributed by atoms with van der Waals surface area (Å²) in [5.41, 5.74) is 2.51. The van der Waals surface area contributed by atoms with Crippen LogP contribution in [-0.4, -0.2) is 44.1 Å². The first kappa shape index (κ1) is 19.5. The van der Waals surface area contributed by atoms with Crippen molar-refractivity contribution in [2.75, 3.05) is 32.7 Å². The fourth-order valence-corrected chi connectivity index (χ4v) is 3.23. The SMILES string of the molecule is CCOc1ccccc1NC(=O)C(=O)N1CCc2cc(OC)c(OC)cc2C1. The number of carbonyl (C=O) groups excluding carboxylic acids is 2. The number of ether oxygens (including phenoxy) is 3. The Bertz CT molecular complexity index is 881. The van der Waals surface area contributed by atoms with Crippen molar-refractivity contribution in [3.05, 3.63) is 47.5 Å². The normalized spacial score (nSPS) is 12.8. The van der Waals surface area contributed by atoms with Gasteiger partial charge in [0.1, 0.15) is 5.75 Å².